The van der Waals surface area contributed by atoms with Crippen molar-refractivity contribution in [3.05, 3.63) is 94.6 Å². The molecule has 14 nitrogen and oxygen atoms in total. The molecule has 0 heterocycles. The molecule has 0 aromatic rings. The molecule has 0 radical (unpaired) electrons. The van der Waals surface area contributed by atoms with Crippen LogP contribution in [0.1, 0.15) is 20.8 Å². The summed E-state index contributed by atoms with van der Waals surface area (Å²) in [5.74, 6) is 1.13. The van der Waals surface area contributed by atoms with E-state index in [2.05, 4.69) is 56.5 Å². The van der Waals surface area contributed by atoms with E-state index < -0.39 is 11.9 Å². The Labute approximate surface area is 336 Å². The molecule has 2 atom stereocenters. The van der Waals surface area contributed by atoms with Crippen molar-refractivity contribution in [3.8, 4) is 0 Å². The molecule has 14 heteroatoms. The quantitative estimate of drug-likeness (QED) is 0.0503. The zero-order valence-electron chi connectivity index (χ0n) is 33.8. The molecule has 4 bridgehead atoms. The second-order valence-electron chi connectivity index (χ2n) is 13.6. The van der Waals surface area contributed by atoms with Crippen LogP contribution in [0.5, 0.6) is 0 Å². The number of rotatable bonds is 35. The van der Waals surface area contributed by atoms with Gasteiger partial charge in [-0.05, 0) is 37.1 Å². The number of ether oxygens (including phenoxy) is 12. The molecule has 4 aliphatic carbocycles. The van der Waals surface area contributed by atoms with E-state index in [-0.39, 0.29) is 24.5 Å². The van der Waals surface area contributed by atoms with E-state index in [1.807, 2.05) is 0 Å². The minimum atomic E-state index is -0.417. The summed E-state index contributed by atoms with van der Waals surface area (Å²) in [7, 11) is 0. The molecule has 0 aliphatic heterocycles. The molecule has 0 saturated heterocycles. The van der Waals surface area contributed by atoms with Gasteiger partial charge in [0, 0.05) is 33.6 Å². The van der Waals surface area contributed by atoms with Crippen molar-refractivity contribution >= 4 is 11.9 Å². The number of esters is 2. The molecule has 0 fully saturated rings. The fraction of sp³-hybridized carbons (Fsp3) is 0.581. The highest BCUT2D eigenvalue weighted by molar-refractivity contribution is 5.87. The first-order chi connectivity index (χ1) is 27.7. The summed E-state index contributed by atoms with van der Waals surface area (Å²) in [6, 6.07) is 0. The molecule has 0 amide bonds. The molecule has 57 heavy (non-hydrogen) atoms. The van der Waals surface area contributed by atoms with Crippen LogP contribution in [0.15, 0.2) is 94.6 Å². The third-order valence-electron chi connectivity index (χ3n) is 9.22. The predicted molar refractivity (Wildman–Crippen MR) is 210 cm³/mol. The number of fused-ring (bicyclic) bond motifs is 5. The minimum absolute atomic E-state index is 0.169. The van der Waals surface area contributed by atoms with Gasteiger partial charge in [0.25, 0.3) is 0 Å². The maximum Gasteiger partial charge on any atom is 0.333 e. The predicted octanol–water partition coefficient (Wildman–Crippen LogP) is 4.54. The van der Waals surface area contributed by atoms with Crippen LogP contribution in [-0.2, 0) is 66.4 Å². The maximum absolute atomic E-state index is 11.3. The molecule has 0 spiro atoms. The van der Waals surface area contributed by atoms with Crippen molar-refractivity contribution in [2.75, 3.05) is 132 Å². The zero-order valence-corrected chi connectivity index (χ0v) is 33.8. The maximum atomic E-state index is 11.3. The molecular formula is C43H60O14. The lowest BCUT2D eigenvalue weighted by molar-refractivity contribution is -0.141. The Morgan fingerprint density at radius 2 is 0.895 bits per heavy atom. The van der Waals surface area contributed by atoms with Gasteiger partial charge in [0.2, 0.25) is 0 Å². The second kappa shape index (κ2) is 25.5. The van der Waals surface area contributed by atoms with Crippen LogP contribution in [0.25, 0.3) is 0 Å². The van der Waals surface area contributed by atoms with Crippen LogP contribution in [0.4, 0.5) is 0 Å². The summed E-state index contributed by atoms with van der Waals surface area (Å²) in [4.78, 5) is 22.6. The van der Waals surface area contributed by atoms with Crippen molar-refractivity contribution in [2.45, 2.75) is 20.8 Å². The SMILES string of the molecule is C=C(C)C(=O)OCCOCCOCCOCCOCCOC1=CC2=CC=C1C2C1(C)C2=CC=C1C(OCCOCCOCCOCCOCCOC(=O)C(=C)C)=C2. The molecule has 2 unspecified atom stereocenters. The van der Waals surface area contributed by atoms with E-state index in [9.17, 15) is 9.59 Å². The molecule has 0 aromatic heterocycles. The van der Waals surface area contributed by atoms with Gasteiger partial charge in [-0.2, -0.15) is 0 Å². The summed E-state index contributed by atoms with van der Waals surface area (Å²) < 4.78 is 66.5. The molecule has 4 rings (SSSR count). The van der Waals surface area contributed by atoms with Crippen LogP contribution in [0.3, 0.4) is 0 Å². The molecule has 0 saturated carbocycles. The van der Waals surface area contributed by atoms with Gasteiger partial charge in [0.1, 0.15) is 37.9 Å². The van der Waals surface area contributed by atoms with Gasteiger partial charge in [-0.1, -0.05) is 44.4 Å². The molecular weight excluding hydrogens is 740 g/mol. The fourth-order valence-corrected chi connectivity index (χ4v) is 6.37. The number of hydrogen-bond acceptors (Lipinski definition) is 14. The Morgan fingerprint density at radius 1 is 0.509 bits per heavy atom. The first-order valence-electron chi connectivity index (χ1n) is 19.5. The van der Waals surface area contributed by atoms with Crippen molar-refractivity contribution < 1.29 is 66.4 Å². The molecule has 0 N–H and O–H groups in total. The van der Waals surface area contributed by atoms with Crippen LogP contribution in [0, 0.1) is 11.3 Å². The molecule has 316 valence electrons. The van der Waals surface area contributed by atoms with Crippen LogP contribution >= 0.6 is 0 Å². The lowest BCUT2D eigenvalue weighted by Gasteiger charge is -2.33. The van der Waals surface area contributed by atoms with Gasteiger partial charge in [-0.25, -0.2) is 9.59 Å². The number of carbonyl (C=O) groups excluding carboxylic acids is 2. The Kier molecular flexibility index (Phi) is 20.5. The van der Waals surface area contributed by atoms with E-state index >= 15 is 0 Å². The normalized spacial score (nSPS) is 18.8. The highest BCUT2D eigenvalue weighted by Gasteiger charge is 2.53. The van der Waals surface area contributed by atoms with Crippen molar-refractivity contribution in [3.63, 3.8) is 0 Å². The first kappa shape index (κ1) is 45.8. The molecule has 4 aliphatic rings. The summed E-state index contributed by atoms with van der Waals surface area (Å²) in [6.45, 7) is 20.7. The van der Waals surface area contributed by atoms with Crippen LogP contribution in [-0.4, -0.2) is 144 Å². The average Bonchev–Trinajstić information content (AvgIpc) is 3.94. The number of allylic oxidation sites excluding steroid dienone is 10. The van der Waals surface area contributed by atoms with E-state index in [0.717, 1.165) is 11.5 Å². The smallest absolute Gasteiger partial charge is 0.333 e. The number of hydrogen-bond donors (Lipinski definition) is 0. The topological polar surface area (TPSA) is 145 Å². The number of carbonyl (C=O) groups is 2. The van der Waals surface area contributed by atoms with Gasteiger partial charge in [0.15, 0.2) is 0 Å². The Morgan fingerprint density at radius 3 is 1.32 bits per heavy atom. The second-order valence-corrected chi connectivity index (χ2v) is 13.6. The van der Waals surface area contributed by atoms with Gasteiger partial charge in [-0.3, -0.25) is 0 Å². The lowest BCUT2D eigenvalue weighted by atomic mass is 9.69. The third kappa shape index (κ3) is 14.8. The standard InChI is InChI=1S/C43H60O14/c1-32(2)41(44)56-28-24-52-20-16-48-12-10-46-14-18-50-22-26-54-38-30-34-6-8-36(38)40(34)43(5)35-7-9-37(43)39(31-35)55-27-23-51-19-15-47-11-13-49-17-21-53-25-29-57-42(45)33(3)4/h6-9,30-31,40H,1,3,10-29H2,2,4-5H3. The van der Waals surface area contributed by atoms with E-state index in [1.165, 1.54) is 22.3 Å². The minimum Gasteiger partial charge on any atom is -0.491 e. The lowest BCUT2D eigenvalue weighted by Crippen LogP contribution is -2.27. The Bertz CT molecular complexity index is 1540. The molecule has 0 aromatic carbocycles. The van der Waals surface area contributed by atoms with Gasteiger partial charge in [-0.15, -0.1) is 0 Å². The Balaban J connectivity index is 0.960. The van der Waals surface area contributed by atoms with Gasteiger partial charge in [0.05, 0.1) is 106 Å². The summed E-state index contributed by atoms with van der Waals surface area (Å²) in [5.41, 5.74) is 5.34. The van der Waals surface area contributed by atoms with Crippen molar-refractivity contribution in [1.82, 2.24) is 0 Å². The first-order valence-corrected chi connectivity index (χ1v) is 19.5. The largest absolute Gasteiger partial charge is 0.491 e. The summed E-state index contributed by atoms with van der Waals surface area (Å²) in [6.07, 6.45) is 13.0. The highest BCUT2D eigenvalue weighted by atomic mass is 16.6. The summed E-state index contributed by atoms with van der Waals surface area (Å²) in [5, 5.41) is 0. The highest BCUT2D eigenvalue weighted by Crippen LogP contribution is 2.62. The van der Waals surface area contributed by atoms with E-state index in [4.69, 9.17) is 56.8 Å². The van der Waals surface area contributed by atoms with Gasteiger partial charge < -0.3 is 56.8 Å². The van der Waals surface area contributed by atoms with Gasteiger partial charge >= 0.3 is 11.9 Å². The van der Waals surface area contributed by atoms with Crippen molar-refractivity contribution in [2.24, 2.45) is 11.3 Å². The zero-order chi connectivity index (χ0) is 40.7. The monoisotopic (exact) mass is 800 g/mol. The van der Waals surface area contributed by atoms with Crippen LogP contribution < -0.4 is 0 Å². The van der Waals surface area contributed by atoms with E-state index in [1.54, 1.807) is 13.8 Å². The van der Waals surface area contributed by atoms with Crippen LogP contribution in [0.2, 0.25) is 0 Å². The Hall–Kier alpha value is -3.86. The fourth-order valence-electron chi connectivity index (χ4n) is 6.37. The van der Waals surface area contributed by atoms with E-state index in [0.29, 0.717) is 130 Å². The summed E-state index contributed by atoms with van der Waals surface area (Å²) >= 11 is 0. The van der Waals surface area contributed by atoms with Crippen molar-refractivity contribution in [1.29, 1.82) is 0 Å². The third-order valence-corrected chi connectivity index (χ3v) is 9.22. The average molecular weight is 801 g/mol.